The topological polar surface area (TPSA) is 12.5 Å². The molecule has 0 aromatic heterocycles. The van der Waals surface area contributed by atoms with Gasteiger partial charge in [-0.3, -0.25) is 0 Å². The molecule has 0 spiro atoms. The number of benzene rings is 6. The number of ether oxygens (including phenoxy) is 1. The number of para-hydroxylation sites is 1. The van der Waals surface area contributed by atoms with Gasteiger partial charge in [-0.15, -0.1) is 0 Å². The Hall–Kier alpha value is -5.60. The van der Waals surface area contributed by atoms with Gasteiger partial charge in [0.05, 0.1) is 7.11 Å². The summed E-state index contributed by atoms with van der Waals surface area (Å²) in [5.41, 5.74) is 10.3. The molecule has 0 saturated heterocycles. The molecular formula is C41H33NO. The third-order valence-corrected chi connectivity index (χ3v) is 7.38. The Kier molecular flexibility index (Phi) is 8.57. The second-order valence-corrected chi connectivity index (χ2v) is 10.3. The van der Waals surface area contributed by atoms with Crippen molar-refractivity contribution in [2.24, 2.45) is 0 Å². The minimum absolute atomic E-state index is 0.849. The summed E-state index contributed by atoms with van der Waals surface area (Å²) in [6.45, 7) is 0. The molecule has 0 aliphatic heterocycles. The fourth-order valence-corrected chi connectivity index (χ4v) is 5.12. The first kappa shape index (κ1) is 27.6. The van der Waals surface area contributed by atoms with Crippen LogP contribution in [0.4, 0.5) is 17.1 Å². The van der Waals surface area contributed by atoms with E-state index in [0.29, 0.717) is 0 Å². The fraction of sp³-hybridized carbons (Fsp3) is 0.0244. The van der Waals surface area contributed by atoms with Crippen LogP contribution in [-0.4, -0.2) is 7.11 Å². The normalized spacial score (nSPS) is 11.4. The Morgan fingerprint density at radius 2 is 0.884 bits per heavy atom. The molecule has 0 bridgehead atoms. The lowest BCUT2D eigenvalue weighted by atomic mass is 9.95. The summed E-state index contributed by atoms with van der Waals surface area (Å²) in [5, 5.41) is 0. The molecule has 43 heavy (non-hydrogen) atoms. The maximum Gasteiger partial charge on any atom is 0.118 e. The lowest BCUT2D eigenvalue weighted by Gasteiger charge is -2.25. The van der Waals surface area contributed by atoms with Crippen LogP contribution in [0.3, 0.4) is 0 Å². The lowest BCUT2D eigenvalue weighted by molar-refractivity contribution is 0.415. The quantitative estimate of drug-likeness (QED) is 0.165. The lowest BCUT2D eigenvalue weighted by Crippen LogP contribution is -2.09. The van der Waals surface area contributed by atoms with Gasteiger partial charge < -0.3 is 9.64 Å². The zero-order valence-corrected chi connectivity index (χ0v) is 24.2. The Labute approximate surface area is 254 Å². The molecule has 6 aromatic carbocycles. The standard InChI is InChI=1S/C41H33NO/c1-43-40-29-23-36(24-30-40)41(35-13-7-3-8-14-35)31-34-21-27-39(28-22-34)42(37-15-9-4-10-16-37)38-25-19-33(20-26-38)18-17-32-11-5-2-6-12-32/h2-31H,1H3/b18-17+,41-31+. The van der Waals surface area contributed by atoms with E-state index in [1.54, 1.807) is 7.11 Å². The number of methoxy groups -OCH3 is 1. The van der Waals surface area contributed by atoms with Crippen LogP contribution in [0.25, 0.3) is 23.8 Å². The molecule has 0 heterocycles. The van der Waals surface area contributed by atoms with E-state index in [4.69, 9.17) is 4.74 Å². The number of hydrogen-bond acceptors (Lipinski definition) is 2. The van der Waals surface area contributed by atoms with E-state index in [0.717, 1.165) is 45.1 Å². The SMILES string of the molecule is COc1ccc(/C(=C/c2ccc(N(c3ccccc3)c3ccc(/C=C/c4ccccc4)cc3)cc2)c2ccccc2)cc1. The van der Waals surface area contributed by atoms with Gasteiger partial charge in [0.1, 0.15) is 5.75 Å². The molecule has 2 nitrogen and oxygen atoms in total. The van der Waals surface area contributed by atoms with E-state index in [2.05, 4.69) is 163 Å². The monoisotopic (exact) mass is 555 g/mol. The average Bonchev–Trinajstić information content (AvgIpc) is 3.09. The average molecular weight is 556 g/mol. The number of anilines is 3. The first-order chi connectivity index (χ1) is 21.3. The molecule has 0 amide bonds. The van der Waals surface area contributed by atoms with Gasteiger partial charge in [0.15, 0.2) is 0 Å². The highest BCUT2D eigenvalue weighted by molar-refractivity contribution is 5.92. The molecule has 2 heteroatoms. The highest BCUT2D eigenvalue weighted by Gasteiger charge is 2.12. The first-order valence-corrected chi connectivity index (χ1v) is 14.5. The largest absolute Gasteiger partial charge is 0.497 e. The predicted octanol–water partition coefficient (Wildman–Crippen LogP) is 10.9. The molecule has 6 aromatic rings. The zero-order chi connectivity index (χ0) is 29.3. The summed E-state index contributed by atoms with van der Waals surface area (Å²) in [6, 6.07) is 57.1. The minimum atomic E-state index is 0.849. The summed E-state index contributed by atoms with van der Waals surface area (Å²) >= 11 is 0. The predicted molar refractivity (Wildman–Crippen MR) is 183 cm³/mol. The summed E-state index contributed by atoms with van der Waals surface area (Å²) in [5.74, 6) is 0.849. The van der Waals surface area contributed by atoms with Crippen molar-refractivity contribution in [3.8, 4) is 5.75 Å². The van der Waals surface area contributed by atoms with Crippen molar-refractivity contribution in [1.29, 1.82) is 0 Å². The van der Waals surface area contributed by atoms with Crippen LogP contribution < -0.4 is 9.64 Å². The Bertz CT molecular complexity index is 1790. The van der Waals surface area contributed by atoms with Crippen molar-refractivity contribution >= 4 is 40.9 Å². The maximum atomic E-state index is 5.39. The van der Waals surface area contributed by atoms with Crippen LogP contribution in [0.5, 0.6) is 5.75 Å². The Morgan fingerprint density at radius 1 is 0.442 bits per heavy atom. The van der Waals surface area contributed by atoms with Gasteiger partial charge in [0.2, 0.25) is 0 Å². The number of hydrogen-bond donors (Lipinski definition) is 0. The maximum absolute atomic E-state index is 5.39. The van der Waals surface area contributed by atoms with Crippen molar-refractivity contribution in [2.45, 2.75) is 0 Å². The number of nitrogens with zero attached hydrogens (tertiary/aromatic N) is 1. The molecule has 0 aliphatic carbocycles. The van der Waals surface area contributed by atoms with Crippen molar-refractivity contribution in [1.82, 2.24) is 0 Å². The van der Waals surface area contributed by atoms with E-state index in [1.165, 1.54) is 11.1 Å². The second-order valence-electron chi connectivity index (χ2n) is 10.3. The minimum Gasteiger partial charge on any atom is -0.497 e. The van der Waals surface area contributed by atoms with Crippen molar-refractivity contribution < 1.29 is 4.74 Å². The van der Waals surface area contributed by atoms with Gasteiger partial charge in [-0.1, -0.05) is 127 Å². The molecule has 0 saturated carbocycles. The van der Waals surface area contributed by atoms with Gasteiger partial charge in [0.25, 0.3) is 0 Å². The fourth-order valence-electron chi connectivity index (χ4n) is 5.12. The van der Waals surface area contributed by atoms with E-state index >= 15 is 0 Å². The molecule has 0 unspecified atom stereocenters. The van der Waals surface area contributed by atoms with Gasteiger partial charge in [-0.25, -0.2) is 0 Å². The van der Waals surface area contributed by atoms with Gasteiger partial charge in [0, 0.05) is 17.1 Å². The number of rotatable bonds is 9. The van der Waals surface area contributed by atoms with E-state index in [9.17, 15) is 0 Å². The van der Waals surface area contributed by atoms with E-state index in [1.807, 2.05) is 24.3 Å². The second kappa shape index (κ2) is 13.4. The Morgan fingerprint density at radius 3 is 1.44 bits per heavy atom. The van der Waals surface area contributed by atoms with Crippen LogP contribution in [-0.2, 0) is 0 Å². The molecular weight excluding hydrogens is 522 g/mol. The molecule has 208 valence electrons. The van der Waals surface area contributed by atoms with Gasteiger partial charge in [-0.2, -0.15) is 0 Å². The summed E-state index contributed by atoms with van der Waals surface area (Å²) in [4.78, 5) is 2.29. The summed E-state index contributed by atoms with van der Waals surface area (Å²) in [7, 11) is 1.70. The molecule has 0 atom stereocenters. The first-order valence-electron chi connectivity index (χ1n) is 14.5. The zero-order valence-electron chi connectivity index (χ0n) is 24.2. The Balaban J connectivity index is 1.32. The molecule has 0 radical (unpaired) electrons. The summed E-state index contributed by atoms with van der Waals surface area (Å²) < 4.78 is 5.39. The van der Waals surface area contributed by atoms with Crippen LogP contribution in [0, 0.1) is 0 Å². The molecule has 0 N–H and O–H groups in total. The van der Waals surface area contributed by atoms with E-state index < -0.39 is 0 Å². The highest BCUT2D eigenvalue weighted by atomic mass is 16.5. The highest BCUT2D eigenvalue weighted by Crippen LogP contribution is 2.35. The molecule has 0 aliphatic rings. The molecule has 6 rings (SSSR count). The smallest absolute Gasteiger partial charge is 0.118 e. The van der Waals surface area contributed by atoms with Crippen molar-refractivity contribution in [3.63, 3.8) is 0 Å². The van der Waals surface area contributed by atoms with Gasteiger partial charge in [-0.05, 0) is 88.0 Å². The van der Waals surface area contributed by atoms with Crippen LogP contribution >= 0.6 is 0 Å². The van der Waals surface area contributed by atoms with Gasteiger partial charge >= 0.3 is 0 Å². The molecule has 0 fully saturated rings. The van der Waals surface area contributed by atoms with Crippen LogP contribution in [0.1, 0.15) is 27.8 Å². The van der Waals surface area contributed by atoms with Crippen molar-refractivity contribution in [3.05, 3.63) is 192 Å². The third kappa shape index (κ3) is 6.83. The summed E-state index contributed by atoms with van der Waals surface area (Å²) in [6.07, 6.45) is 6.55. The third-order valence-electron chi connectivity index (χ3n) is 7.38. The van der Waals surface area contributed by atoms with E-state index in [-0.39, 0.29) is 0 Å². The van der Waals surface area contributed by atoms with Crippen LogP contribution in [0.2, 0.25) is 0 Å². The van der Waals surface area contributed by atoms with Crippen LogP contribution in [0.15, 0.2) is 164 Å². The van der Waals surface area contributed by atoms with Crippen molar-refractivity contribution in [2.75, 3.05) is 12.0 Å².